The lowest BCUT2D eigenvalue weighted by atomic mass is 10.1. The first-order chi connectivity index (χ1) is 14.1. The standard InChI is InChI=1S/C22H20ClFN4O.ClH.H2O/c1-13-25-18-12-17(27-21(18)22(26-13)28-9-3-2-4-10-28)20-8-7-19(29-20)14-5-6-16(24)15(23)11-14;;/h5-8,11-12,27H,2-4,9-10H2,1H3;1H;1H2. The first-order valence-corrected chi connectivity index (χ1v) is 10.1. The number of hydrogen-bond donors (Lipinski definition) is 1. The van der Waals surface area contributed by atoms with Crippen LogP contribution in [0.4, 0.5) is 10.2 Å². The minimum atomic E-state index is -0.447. The molecule has 0 amide bonds. The molecule has 3 N–H and O–H groups in total. The summed E-state index contributed by atoms with van der Waals surface area (Å²) < 4.78 is 19.5. The number of benzene rings is 1. The molecule has 0 spiro atoms. The highest BCUT2D eigenvalue weighted by atomic mass is 35.5. The molecule has 0 unspecified atom stereocenters. The normalized spacial score (nSPS) is 13.7. The number of aryl methyl sites for hydroxylation is 1. The molecule has 4 aromatic rings. The second-order valence-corrected chi connectivity index (χ2v) is 7.79. The van der Waals surface area contributed by atoms with E-state index < -0.39 is 5.82 Å². The third kappa shape index (κ3) is 4.39. The minimum absolute atomic E-state index is 0. The zero-order valence-electron chi connectivity index (χ0n) is 16.9. The molecule has 5 rings (SSSR count). The molecular weight excluding hydrogens is 442 g/mol. The molecule has 0 atom stereocenters. The van der Waals surface area contributed by atoms with Crippen molar-refractivity contribution in [3.05, 3.63) is 53.1 Å². The molecule has 4 heterocycles. The second-order valence-electron chi connectivity index (χ2n) is 7.38. The highest BCUT2D eigenvalue weighted by Gasteiger charge is 2.19. The van der Waals surface area contributed by atoms with Crippen molar-refractivity contribution in [2.75, 3.05) is 18.0 Å². The van der Waals surface area contributed by atoms with E-state index in [4.69, 9.17) is 21.0 Å². The number of anilines is 1. The van der Waals surface area contributed by atoms with Crippen molar-refractivity contribution in [2.45, 2.75) is 26.2 Å². The molecule has 1 fully saturated rings. The molecule has 9 heteroatoms. The maximum atomic E-state index is 13.4. The van der Waals surface area contributed by atoms with E-state index in [0.717, 1.165) is 47.0 Å². The first-order valence-electron chi connectivity index (χ1n) is 9.76. The number of halogens is 3. The van der Waals surface area contributed by atoms with Crippen molar-refractivity contribution in [3.63, 3.8) is 0 Å². The Bertz CT molecular complexity index is 1200. The van der Waals surface area contributed by atoms with Crippen LogP contribution in [0.25, 0.3) is 33.8 Å². The van der Waals surface area contributed by atoms with Gasteiger partial charge in [-0.3, -0.25) is 0 Å². The van der Waals surface area contributed by atoms with Gasteiger partial charge in [0.2, 0.25) is 0 Å². The van der Waals surface area contributed by atoms with Gasteiger partial charge in [-0.05, 0) is 62.6 Å². The van der Waals surface area contributed by atoms with Crippen LogP contribution in [-0.4, -0.2) is 33.5 Å². The highest BCUT2D eigenvalue weighted by molar-refractivity contribution is 6.31. The number of fused-ring (bicyclic) bond motifs is 1. The van der Waals surface area contributed by atoms with Crippen molar-refractivity contribution in [3.8, 4) is 22.8 Å². The Balaban J connectivity index is 0.00000136. The number of hydrogen-bond acceptors (Lipinski definition) is 4. The summed E-state index contributed by atoms with van der Waals surface area (Å²) in [6, 6.07) is 10.3. The fourth-order valence-corrected chi connectivity index (χ4v) is 4.05. The van der Waals surface area contributed by atoms with Gasteiger partial charge in [0.25, 0.3) is 0 Å². The van der Waals surface area contributed by atoms with Gasteiger partial charge in [0, 0.05) is 18.7 Å². The number of piperidine rings is 1. The average Bonchev–Trinajstić information content (AvgIpc) is 3.37. The quantitative estimate of drug-likeness (QED) is 0.428. The number of aromatic nitrogens is 3. The average molecular weight is 465 g/mol. The van der Waals surface area contributed by atoms with Crippen LogP contribution >= 0.6 is 24.0 Å². The SMILES string of the molecule is Cc1nc(N2CCCCC2)c2[nH]c(-c3ccc(-c4ccc(F)c(Cl)c4)o3)cc2n1.Cl.O. The number of rotatable bonds is 3. The van der Waals surface area contributed by atoms with Crippen LogP contribution in [0, 0.1) is 12.7 Å². The Morgan fingerprint density at radius 2 is 1.77 bits per heavy atom. The van der Waals surface area contributed by atoms with Gasteiger partial charge in [0.15, 0.2) is 11.6 Å². The maximum absolute atomic E-state index is 13.4. The molecule has 0 radical (unpaired) electrons. The molecule has 1 aliphatic rings. The molecule has 164 valence electrons. The Labute approximate surface area is 190 Å². The third-order valence-corrected chi connectivity index (χ3v) is 5.59. The van der Waals surface area contributed by atoms with Crippen LogP contribution < -0.4 is 4.90 Å². The lowest BCUT2D eigenvalue weighted by molar-refractivity contribution is 0.574. The molecule has 1 aliphatic heterocycles. The van der Waals surface area contributed by atoms with Crippen LogP contribution in [0.5, 0.6) is 0 Å². The fraction of sp³-hybridized carbons (Fsp3) is 0.273. The summed E-state index contributed by atoms with van der Waals surface area (Å²) in [5.41, 5.74) is 3.35. The number of nitrogens with zero attached hydrogens (tertiary/aromatic N) is 3. The molecule has 0 saturated carbocycles. The van der Waals surface area contributed by atoms with Crippen molar-refractivity contribution in [2.24, 2.45) is 0 Å². The zero-order valence-corrected chi connectivity index (χ0v) is 18.5. The minimum Gasteiger partial charge on any atom is -0.455 e. The molecule has 0 aliphatic carbocycles. The predicted octanol–water partition coefficient (Wildman–Crippen LogP) is 5.57. The Morgan fingerprint density at radius 1 is 1.03 bits per heavy atom. The van der Waals surface area contributed by atoms with Gasteiger partial charge in [-0.15, -0.1) is 12.4 Å². The van der Waals surface area contributed by atoms with Gasteiger partial charge in [0.1, 0.15) is 22.9 Å². The molecule has 3 aromatic heterocycles. The molecular formula is C22H23Cl2FN4O2. The van der Waals surface area contributed by atoms with Gasteiger partial charge >= 0.3 is 0 Å². The van der Waals surface area contributed by atoms with Crippen molar-refractivity contribution in [1.82, 2.24) is 15.0 Å². The van der Waals surface area contributed by atoms with E-state index in [1.807, 2.05) is 25.1 Å². The van der Waals surface area contributed by atoms with Crippen molar-refractivity contribution in [1.29, 1.82) is 0 Å². The van der Waals surface area contributed by atoms with E-state index >= 15 is 0 Å². The van der Waals surface area contributed by atoms with E-state index in [1.54, 1.807) is 12.1 Å². The first kappa shape index (κ1) is 23.1. The Kier molecular flexibility index (Phi) is 6.89. The van der Waals surface area contributed by atoms with Gasteiger partial charge in [0.05, 0.1) is 16.2 Å². The lowest BCUT2D eigenvalue weighted by Gasteiger charge is -2.28. The van der Waals surface area contributed by atoms with Crippen LogP contribution in [0.3, 0.4) is 0 Å². The molecule has 1 aromatic carbocycles. The van der Waals surface area contributed by atoms with Crippen LogP contribution in [0.15, 0.2) is 40.8 Å². The summed E-state index contributed by atoms with van der Waals surface area (Å²) in [7, 11) is 0. The molecule has 0 bridgehead atoms. The summed E-state index contributed by atoms with van der Waals surface area (Å²) in [6.45, 7) is 3.94. The van der Waals surface area contributed by atoms with E-state index in [2.05, 4.69) is 14.9 Å². The van der Waals surface area contributed by atoms with Gasteiger partial charge in [-0.25, -0.2) is 14.4 Å². The van der Waals surface area contributed by atoms with Gasteiger partial charge in [-0.1, -0.05) is 11.6 Å². The topological polar surface area (TPSA) is 89.5 Å². The number of nitrogens with one attached hydrogen (secondary N) is 1. The largest absolute Gasteiger partial charge is 0.455 e. The smallest absolute Gasteiger partial charge is 0.156 e. The summed E-state index contributed by atoms with van der Waals surface area (Å²) in [5, 5.41) is 0.0722. The summed E-state index contributed by atoms with van der Waals surface area (Å²) in [6.07, 6.45) is 3.63. The number of furan rings is 1. The van der Waals surface area contributed by atoms with E-state index in [-0.39, 0.29) is 22.9 Å². The Hall–Kier alpha value is -2.61. The maximum Gasteiger partial charge on any atom is 0.156 e. The lowest BCUT2D eigenvalue weighted by Crippen LogP contribution is -2.30. The highest BCUT2D eigenvalue weighted by Crippen LogP contribution is 2.33. The molecule has 6 nitrogen and oxygen atoms in total. The van der Waals surface area contributed by atoms with E-state index in [1.165, 1.54) is 25.3 Å². The van der Waals surface area contributed by atoms with E-state index in [9.17, 15) is 4.39 Å². The summed E-state index contributed by atoms with van der Waals surface area (Å²) >= 11 is 5.90. The summed E-state index contributed by atoms with van der Waals surface area (Å²) in [5.74, 6) is 2.57. The Morgan fingerprint density at radius 3 is 2.52 bits per heavy atom. The van der Waals surface area contributed by atoms with Gasteiger partial charge in [-0.2, -0.15) is 0 Å². The third-order valence-electron chi connectivity index (χ3n) is 5.30. The summed E-state index contributed by atoms with van der Waals surface area (Å²) in [4.78, 5) is 15.1. The molecule has 31 heavy (non-hydrogen) atoms. The number of aromatic amines is 1. The predicted molar refractivity (Wildman–Crippen MR) is 124 cm³/mol. The molecule has 1 saturated heterocycles. The van der Waals surface area contributed by atoms with Crippen LogP contribution in [0.1, 0.15) is 25.1 Å². The van der Waals surface area contributed by atoms with E-state index in [0.29, 0.717) is 11.5 Å². The second kappa shape index (κ2) is 9.26. The number of H-pyrrole nitrogens is 1. The monoisotopic (exact) mass is 464 g/mol. The van der Waals surface area contributed by atoms with Crippen LogP contribution in [-0.2, 0) is 0 Å². The van der Waals surface area contributed by atoms with Crippen LogP contribution in [0.2, 0.25) is 5.02 Å². The zero-order chi connectivity index (χ0) is 20.0. The van der Waals surface area contributed by atoms with Crippen molar-refractivity contribution >= 4 is 40.9 Å². The van der Waals surface area contributed by atoms with Gasteiger partial charge < -0.3 is 19.8 Å². The fourth-order valence-electron chi connectivity index (χ4n) is 3.87. The van der Waals surface area contributed by atoms with Crippen molar-refractivity contribution < 1.29 is 14.3 Å².